The molecule has 1 saturated heterocycles. The van der Waals surface area contributed by atoms with Crippen molar-refractivity contribution in [2.45, 2.75) is 25.0 Å². The summed E-state index contributed by atoms with van der Waals surface area (Å²) < 4.78 is 28.1. The molecule has 180 valence electrons. The van der Waals surface area contributed by atoms with Crippen molar-refractivity contribution < 1.29 is 18.3 Å². The van der Waals surface area contributed by atoms with Gasteiger partial charge in [-0.2, -0.15) is 5.26 Å². The van der Waals surface area contributed by atoms with E-state index in [0.29, 0.717) is 34.5 Å². The van der Waals surface area contributed by atoms with Crippen LogP contribution in [0.1, 0.15) is 12.0 Å². The van der Waals surface area contributed by atoms with Crippen LogP contribution in [0, 0.1) is 17.1 Å². The second-order valence-corrected chi connectivity index (χ2v) is 9.54. The summed E-state index contributed by atoms with van der Waals surface area (Å²) in [5.74, 6) is -1.22. The lowest BCUT2D eigenvalue weighted by Gasteiger charge is -2.18. The molecule has 2 aromatic heterocycles. The van der Waals surface area contributed by atoms with Crippen LogP contribution in [-0.4, -0.2) is 42.3 Å². The number of rotatable bonds is 5. The Morgan fingerprint density at radius 2 is 2.23 bits per heavy atom. The quantitative estimate of drug-likeness (QED) is 0.441. The van der Waals surface area contributed by atoms with Crippen molar-refractivity contribution in [3.63, 3.8) is 0 Å². The maximum Gasteiger partial charge on any atom is 0.419 e. The summed E-state index contributed by atoms with van der Waals surface area (Å²) in [7, 11) is 1.64. The standard InChI is InChI=1S/C25H23FN4O4S/c1-30-18-10-14(5-6-19(18)34-25(30)32)21-11-16-4-3-15(22(26)23(16)35-21)9-17(12-27)29-24(31)20-13-28-7-2-8-33-20/h3-6,10-11,17,20,28H,2,7-9,13H2,1H3,(H,29,31)/t17?,20-/m1/s1. The summed E-state index contributed by atoms with van der Waals surface area (Å²) >= 11 is 1.29. The largest absolute Gasteiger partial charge is 0.419 e. The zero-order chi connectivity index (χ0) is 24.5. The van der Waals surface area contributed by atoms with Gasteiger partial charge < -0.3 is 19.8 Å². The van der Waals surface area contributed by atoms with E-state index in [0.717, 1.165) is 28.8 Å². The number of benzene rings is 2. The Morgan fingerprint density at radius 3 is 3.06 bits per heavy atom. The maximum absolute atomic E-state index is 15.5. The van der Waals surface area contributed by atoms with Crippen molar-refractivity contribution in [1.82, 2.24) is 15.2 Å². The van der Waals surface area contributed by atoms with Gasteiger partial charge in [0.15, 0.2) is 5.58 Å². The molecule has 1 fully saturated rings. The number of hydrogen-bond acceptors (Lipinski definition) is 7. The van der Waals surface area contributed by atoms with E-state index in [1.165, 1.54) is 15.9 Å². The van der Waals surface area contributed by atoms with Crippen LogP contribution in [0.3, 0.4) is 0 Å². The molecule has 0 aliphatic carbocycles. The van der Waals surface area contributed by atoms with Gasteiger partial charge in [0.25, 0.3) is 5.91 Å². The summed E-state index contributed by atoms with van der Waals surface area (Å²) in [4.78, 5) is 25.2. The Balaban J connectivity index is 1.38. The number of carbonyl (C=O) groups is 1. The number of aromatic nitrogens is 1. The number of fused-ring (bicyclic) bond motifs is 2. The lowest BCUT2D eigenvalue weighted by Crippen LogP contribution is -2.46. The summed E-state index contributed by atoms with van der Waals surface area (Å²) in [6, 6.07) is 11.9. The number of aryl methyl sites for hydroxylation is 1. The first-order valence-electron chi connectivity index (χ1n) is 11.3. The van der Waals surface area contributed by atoms with Gasteiger partial charge in [0.1, 0.15) is 18.0 Å². The molecule has 1 unspecified atom stereocenters. The third kappa shape index (κ3) is 4.58. The number of halogens is 1. The first kappa shape index (κ1) is 23.2. The van der Waals surface area contributed by atoms with Crippen LogP contribution in [0.5, 0.6) is 0 Å². The molecule has 1 aliphatic heterocycles. The van der Waals surface area contributed by atoms with Gasteiger partial charge in [-0.1, -0.05) is 12.1 Å². The molecule has 35 heavy (non-hydrogen) atoms. The highest BCUT2D eigenvalue weighted by molar-refractivity contribution is 7.22. The molecule has 0 saturated carbocycles. The predicted molar refractivity (Wildman–Crippen MR) is 131 cm³/mol. The van der Waals surface area contributed by atoms with Gasteiger partial charge in [-0.05, 0) is 53.7 Å². The van der Waals surface area contributed by atoms with Gasteiger partial charge in [-0.15, -0.1) is 11.3 Å². The topological polar surface area (TPSA) is 109 Å². The van der Waals surface area contributed by atoms with E-state index in [1.54, 1.807) is 19.2 Å². The average Bonchev–Trinajstić information content (AvgIpc) is 3.28. The average molecular weight is 495 g/mol. The Bertz CT molecular complexity index is 1510. The number of nitrogens with zero attached hydrogens (tertiary/aromatic N) is 2. The van der Waals surface area contributed by atoms with Gasteiger partial charge in [-0.3, -0.25) is 9.36 Å². The molecule has 4 aromatic rings. The lowest BCUT2D eigenvalue weighted by molar-refractivity contribution is -0.132. The van der Waals surface area contributed by atoms with Gasteiger partial charge in [0.2, 0.25) is 0 Å². The minimum absolute atomic E-state index is 0.0421. The third-order valence-corrected chi connectivity index (χ3v) is 7.31. The molecule has 2 atom stereocenters. The van der Waals surface area contributed by atoms with E-state index >= 15 is 4.39 Å². The number of nitrogens with one attached hydrogen (secondary N) is 2. The molecule has 2 N–H and O–H groups in total. The minimum Gasteiger partial charge on any atom is -0.408 e. The molecule has 0 bridgehead atoms. The number of thiophene rings is 1. The van der Waals surface area contributed by atoms with Crippen molar-refractivity contribution in [1.29, 1.82) is 5.26 Å². The van der Waals surface area contributed by atoms with E-state index in [4.69, 9.17) is 9.15 Å². The number of hydrogen-bond donors (Lipinski definition) is 2. The SMILES string of the molecule is Cn1c(=O)oc2ccc(-c3cc4ccc(CC(C#N)NC(=O)[C@H]5CNCCCO5)c(F)c4s3)cc21. The lowest BCUT2D eigenvalue weighted by atomic mass is 10.0. The number of ether oxygens (including phenoxy) is 1. The molecule has 1 aliphatic rings. The Labute approximate surface area is 203 Å². The van der Waals surface area contributed by atoms with E-state index in [-0.39, 0.29) is 12.3 Å². The molecular formula is C25H23FN4O4S. The van der Waals surface area contributed by atoms with Gasteiger partial charge in [0, 0.05) is 31.5 Å². The fraction of sp³-hybridized carbons (Fsp3) is 0.320. The van der Waals surface area contributed by atoms with Gasteiger partial charge >= 0.3 is 5.76 Å². The molecule has 1 amide bonds. The second kappa shape index (κ2) is 9.62. The van der Waals surface area contributed by atoms with Crippen molar-refractivity contribution in [3.05, 3.63) is 58.3 Å². The number of nitriles is 1. The molecule has 0 radical (unpaired) electrons. The van der Waals surface area contributed by atoms with Gasteiger partial charge in [0.05, 0.1) is 16.3 Å². The van der Waals surface area contributed by atoms with E-state index < -0.39 is 23.7 Å². The van der Waals surface area contributed by atoms with Crippen LogP contribution >= 0.6 is 11.3 Å². The van der Waals surface area contributed by atoms with Crippen LogP contribution in [0.15, 0.2) is 45.6 Å². The van der Waals surface area contributed by atoms with Crippen molar-refractivity contribution >= 4 is 38.4 Å². The van der Waals surface area contributed by atoms with Crippen LogP contribution in [0.2, 0.25) is 0 Å². The Kier molecular flexibility index (Phi) is 6.38. The fourth-order valence-corrected chi connectivity index (χ4v) is 5.30. The first-order chi connectivity index (χ1) is 16.9. The summed E-state index contributed by atoms with van der Waals surface area (Å²) in [6.45, 7) is 1.62. The maximum atomic E-state index is 15.5. The highest BCUT2D eigenvalue weighted by Gasteiger charge is 2.24. The smallest absolute Gasteiger partial charge is 0.408 e. The summed E-state index contributed by atoms with van der Waals surface area (Å²) in [5, 5.41) is 16.1. The second-order valence-electron chi connectivity index (χ2n) is 8.49. The van der Waals surface area contributed by atoms with Crippen LogP contribution < -0.4 is 16.4 Å². The molecule has 0 spiro atoms. The zero-order valence-electron chi connectivity index (χ0n) is 19.0. The minimum atomic E-state index is -0.884. The first-order valence-corrected chi connectivity index (χ1v) is 12.1. The molecule has 3 heterocycles. The highest BCUT2D eigenvalue weighted by atomic mass is 32.1. The molecular weight excluding hydrogens is 471 g/mol. The molecule has 10 heteroatoms. The van der Waals surface area contributed by atoms with Crippen LogP contribution in [0.4, 0.5) is 4.39 Å². The molecule has 2 aromatic carbocycles. The fourth-order valence-electron chi connectivity index (χ4n) is 4.19. The van der Waals surface area contributed by atoms with Crippen LogP contribution in [0.25, 0.3) is 31.6 Å². The van der Waals surface area contributed by atoms with Crippen molar-refractivity contribution in [3.8, 4) is 16.5 Å². The molecule has 8 nitrogen and oxygen atoms in total. The van der Waals surface area contributed by atoms with E-state index in [9.17, 15) is 14.9 Å². The third-order valence-electron chi connectivity index (χ3n) is 6.12. The Morgan fingerprint density at radius 1 is 1.37 bits per heavy atom. The number of amides is 1. The predicted octanol–water partition coefficient (Wildman–Crippen LogP) is 3.08. The van der Waals surface area contributed by atoms with Crippen molar-refractivity contribution in [2.75, 3.05) is 19.7 Å². The van der Waals surface area contributed by atoms with Crippen LogP contribution in [-0.2, 0) is 23.0 Å². The van der Waals surface area contributed by atoms with E-state index in [2.05, 4.69) is 16.7 Å². The monoisotopic (exact) mass is 494 g/mol. The normalized spacial score (nSPS) is 17.2. The van der Waals surface area contributed by atoms with Crippen molar-refractivity contribution in [2.24, 2.45) is 7.05 Å². The number of carbonyl (C=O) groups excluding carboxylic acids is 1. The summed E-state index contributed by atoms with van der Waals surface area (Å²) in [5.41, 5.74) is 2.34. The number of oxazole rings is 1. The zero-order valence-corrected chi connectivity index (χ0v) is 19.8. The van der Waals surface area contributed by atoms with Gasteiger partial charge in [-0.25, -0.2) is 9.18 Å². The summed E-state index contributed by atoms with van der Waals surface area (Å²) in [6.07, 6.45) is 0.182. The molecule has 5 rings (SSSR count). The van der Waals surface area contributed by atoms with E-state index in [1.807, 2.05) is 24.3 Å². The Hall–Kier alpha value is -3.52. The highest BCUT2D eigenvalue weighted by Crippen LogP contribution is 2.37.